The van der Waals surface area contributed by atoms with E-state index < -0.39 is 5.97 Å². The molecule has 0 aromatic heterocycles. The minimum atomic E-state index is -0.729. The predicted molar refractivity (Wildman–Crippen MR) is 108 cm³/mol. The molecule has 5 unspecified atom stereocenters. The van der Waals surface area contributed by atoms with Crippen LogP contribution in [0.2, 0.25) is 0 Å². The molecule has 9 atom stereocenters. The Morgan fingerprint density at radius 3 is 2.61 bits per heavy atom. The number of carbonyl (C=O) groups is 2. The SMILES string of the molecule is C[C@H](CCC(=O)O)[C@H]1CCC2C3CCC4CC(O)CC[C@]4(C)C3CC(=O)[C@@]21C. The highest BCUT2D eigenvalue weighted by atomic mass is 16.4. The summed E-state index contributed by atoms with van der Waals surface area (Å²) in [7, 11) is 0. The van der Waals surface area contributed by atoms with E-state index >= 15 is 0 Å². The van der Waals surface area contributed by atoms with E-state index in [1.165, 1.54) is 12.8 Å². The van der Waals surface area contributed by atoms with Gasteiger partial charge in [0.1, 0.15) is 5.78 Å². The molecule has 0 heterocycles. The summed E-state index contributed by atoms with van der Waals surface area (Å²) in [5.74, 6) is 2.52. The van der Waals surface area contributed by atoms with Gasteiger partial charge in [-0.05, 0) is 92.3 Å². The van der Waals surface area contributed by atoms with Crippen molar-refractivity contribution < 1.29 is 19.8 Å². The van der Waals surface area contributed by atoms with Gasteiger partial charge >= 0.3 is 5.97 Å². The Hall–Kier alpha value is -0.900. The molecule has 158 valence electrons. The van der Waals surface area contributed by atoms with Crippen molar-refractivity contribution in [2.75, 3.05) is 0 Å². The van der Waals surface area contributed by atoms with Crippen LogP contribution in [0.4, 0.5) is 0 Å². The fourth-order valence-electron chi connectivity index (χ4n) is 8.44. The molecule has 0 aliphatic heterocycles. The molecule has 0 aromatic carbocycles. The first kappa shape index (κ1) is 20.4. The number of hydrogen-bond donors (Lipinski definition) is 2. The Kier molecular flexibility index (Phi) is 5.17. The van der Waals surface area contributed by atoms with Crippen molar-refractivity contribution in [3.8, 4) is 0 Å². The maximum absolute atomic E-state index is 13.6. The fourth-order valence-corrected chi connectivity index (χ4v) is 8.44. The third-order valence-corrected chi connectivity index (χ3v) is 10.1. The standard InChI is InChI=1S/C24H38O4/c1-14(4-9-22(27)28)18-7-8-19-17-6-5-15-12-16(25)10-11-23(15,2)20(17)13-21(26)24(18,19)3/h14-20,25H,4-13H2,1-3H3,(H,27,28)/t14-,15?,16?,17?,18-,19?,20?,23+,24-/m1/s1. The number of ketones is 1. The van der Waals surface area contributed by atoms with Crippen LogP contribution in [0.5, 0.6) is 0 Å². The zero-order valence-corrected chi connectivity index (χ0v) is 17.8. The molecule has 0 amide bonds. The lowest BCUT2D eigenvalue weighted by atomic mass is 9.44. The lowest BCUT2D eigenvalue weighted by Gasteiger charge is -2.60. The number of carbonyl (C=O) groups excluding carboxylic acids is 1. The van der Waals surface area contributed by atoms with E-state index in [9.17, 15) is 14.7 Å². The van der Waals surface area contributed by atoms with Crippen LogP contribution in [0.25, 0.3) is 0 Å². The van der Waals surface area contributed by atoms with Crippen LogP contribution in [0.15, 0.2) is 0 Å². The van der Waals surface area contributed by atoms with E-state index in [1.54, 1.807) is 0 Å². The normalized spacial score (nSPS) is 49.1. The second-order valence-corrected chi connectivity index (χ2v) is 11.1. The maximum atomic E-state index is 13.6. The number of rotatable bonds is 4. The highest BCUT2D eigenvalue weighted by molar-refractivity contribution is 5.87. The highest BCUT2D eigenvalue weighted by Crippen LogP contribution is 2.67. The Bertz CT molecular complexity index is 645. The molecule has 4 saturated carbocycles. The molecular weight excluding hydrogens is 352 g/mol. The Morgan fingerprint density at radius 2 is 1.89 bits per heavy atom. The van der Waals surface area contributed by atoms with Gasteiger partial charge in [-0.25, -0.2) is 0 Å². The van der Waals surface area contributed by atoms with Gasteiger partial charge in [0.15, 0.2) is 0 Å². The van der Waals surface area contributed by atoms with Crippen LogP contribution < -0.4 is 0 Å². The summed E-state index contributed by atoms with van der Waals surface area (Å²) in [6.07, 6.45) is 8.96. The Balaban J connectivity index is 1.57. The summed E-state index contributed by atoms with van der Waals surface area (Å²) in [6, 6.07) is 0. The summed E-state index contributed by atoms with van der Waals surface area (Å²) in [4.78, 5) is 24.7. The average molecular weight is 391 g/mol. The van der Waals surface area contributed by atoms with Crippen LogP contribution >= 0.6 is 0 Å². The molecule has 4 nitrogen and oxygen atoms in total. The number of carboxylic acid groups (broad SMARTS) is 1. The lowest BCUT2D eigenvalue weighted by Crippen LogP contribution is -2.57. The molecule has 4 aliphatic rings. The smallest absolute Gasteiger partial charge is 0.303 e. The van der Waals surface area contributed by atoms with Crippen molar-refractivity contribution in [2.45, 2.75) is 91.1 Å². The van der Waals surface area contributed by atoms with E-state index in [2.05, 4.69) is 20.8 Å². The van der Waals surface area contributed by atoms with E-state index in [4.69, 9.17) is 5.11 Å². The third kappa shape index (κ3) is 2.97. The van der Waals surface area contributed by atoms with E-state index in [0.717, 1.165) is 32.1 Å². The van der Waals surface area contributed by atoms with Gasteiger partial charge in [-0.2, -0.15) is 0 Å². The monoisotopic (exact) mass is 390 g/mol. The fraction of sp³-hybridized carbons (Fsp3) is 0.917. The first-order chi connectivity index (χ1) is 13.2. The van der Waals surface area contributed by atoms with E-state index in [-0.39, 0.29) is 23.4 Å². The van der Waals surface area contributed by atoms with Gasteiger partial charge in [0, 0.05) is 18.3 Å². The van der Waals surface area contributed by atoms with Crippen molar-refractivity contribution in [3.63, 3.8) is 0 Å². The number of carboxylic acids is 1. The molecule has 2 N–H and O–H groups in total. The molecule has 0 radical (unpaired) electrons. The topological polar surface area (TPSA) is 74.6 Å². The van der Waals surface area contributed by atoms with Gasteiger partial charge < -0.3 is 10.2 Å². The summed E-state index contributed by atoms with van der Waals surface area (Å²) < 4.78 is 0. The van der Waals surface area contributed by atoms with Crippen molar-refractivity contribution >= 4 is 11.8 Å². The van der Waals surface area contributed by atoms with Crippen LogP contribution in [-0.4, -0.2) is 28.1 Å². The molecular formula is C24H38O4. The molecule has 4 fully saturated rings. The van der Waals surface area contributed by atoms with Gasteiger partial charge in [0.05, 0.1) is 6.10 Å². The Labute approximate surface area is 169 Å². The number of aliphatic hydroxyl groups is 1. The summed E-state index contributed by atoms with van der Waals surface area (Å²) in [5, 5.41) is 19.3. The molecule has 0 saturated heterocycles. The van der Waals surface area contributed by atoms with Gasteiger partial charge in [-0.1, -0.05) is 20.8 Å². The average Bonchev–Trinajstić information content (AvgIpc) is 3.00. The van der Waals surface area contributed by atoms with Crippen molar-refractivity contribution in [2.24, 2.45) is 46.3 Å². The second-order valence-electron chi connectivity index (χ2n) is 11.1. The molecule has 28 heavy (non-hydrogen) atoms. The van der Waals surface area contributed by atoms with Crippen molar-refractivity contribution in [1.82, 2.24) is 0 Å². The van der Waals surface area contributed by atoms with E-state index in [0.29, 0.717) is 54.1 Å². The lowest BCUT2D eigenvalue weighted by molar-refractivity contribution is -0.160. The first-order valence-corrected chi connectivity index (χ1v) is 11.6. The van der Waals surface area contributed by atoms with Gasteiger partial charge in [-0.15, -0.1) is 0 Å². The first-order valence-electron chi connectivity index (χ1n) is 11.6. The zero-order chi connectivity index (χ0) is 20.3. The quantitative estimate of drug-likeness (QED) is 0.730. The largest absolute Gasteiger partial charge is 0.481 e. The summed E-state index contributed by atoms with van der Waals surface area (Å²) in [5.41, 5.74) is -0.0391. The van der Waals surface area contributed by atoms with Crippen LogP contribution in [0.1, 0.15) is 85.0 Å². The number of aliphatic carboxylic acids is 1. The molecule has 0 bridgehead atoms. The van der Waals surface area contributed by atoms with Gasteiger partial charge in [0.2, 0.25) is 0 Å². The summed E-state index contributed by atoms with van der Waals surface area (Å²) in [6.45, 7) is 6.81. The van der Waals surface area contributed by atoms with Crippen molar-refractivity contribution in [1.29, 1.82) is 0 Å². The van der Waals surface area contributed by atoms with Gasteiger partial charge in [0.25, 0.3) is 0 Å². The second kappa shape index (κ2) is 7.11. The van der Waals surface area contributed by atoms with Crippen LogP contribution in [-0.2, 0) is 9.59 Å². The van der Waals surface area contributed by atoms with Gasteiger partial charge in [-0.3, -0.25) is 9.59 Å². The number of aliphatic hydroxyl groups excluding tert-OH is 1. The molecule has 0 aromatic rings. The molecule has 4 heteroatoms. The summed E-state index contributed by atoms with van der Waals surface area (Å²) >= 11 is 0. The third-order valence-electron chi connectivity index (χ3n) is 10.1. The minimum absolute atomic E-state index is 0.148. The predicted octanol–water partition coefficient (Wildman–Crippen LogP) is 4.69. The van der Waals surface area contributed by atoms with Crippen LogP contribution in [0, 0.1) is 46.3 Å². The Morgan fingerprint density at radius 1 is 1.14 bits per heavy atom. The number of fused-ring (bicyclic) bond motifs is 5. The number of hydrogen-bond acceptors (Lipinski definition) is 3. The van der Waals surface area contributed by atoms with Crippen molar-refractivity contribution in [3.05, 3.63) is 0 Å². The number of Topliss-reactive ketones (excluding diaryl/α,β-unsaturated/α-hetero) is 1. The molecule has 4 aliphatic carbocycles. The molecule has 4 rings (SSSR count). The zero-order valence-electron chi connectivity index (χ0n) is 17.8. The highest BCUT2D eigenvalue weighted by Gasteiger charge is 2.63. The van der Waals surface area contributed by atoms with E-state index in [1.807, 2.05) is 0 Å². The van der Waals surface area contributed by atoms with Crippen LogP contribution in [0.3, 0.4) is 0 Å². The minimum Gasteiger partial charge on any atom is -0.481 e. The maximum Gasteiger partial charge on any atom is 0.303 e. The molecule has 0 spiro atoms.